The van der Waals surface area contributed by atoms with Crippen molar-refractivity contribution in [2.75, 3.05) is 23.8 Å². The monoisotopic (exact) mass is 347 g/mol. The van der Waals surface area contributed by atoms with Crippen molar-refractivity contribution < 1.29 is 4.74 Å². The number of ether oxygens (including phenoxy) is 1. The fourth-order valence-electron chi connectivity index (χ4n) is 2.61. The van der Waals surface area contributed by atoms with Gasteiger partial charge in [-0.05, 0) is 35.4 Å². The zero-order valence-corrected chi connectivity index (χ0v) is 14.8. The van der Waals surface area contributed by atoms with Crippen LogP contribution in [0.3, 0.4) is 0 Å². The first-order valence-electron chi connectivity index (χ1n) is 8.87. The van der Waals surface area contributed by atoms with Crippen LogP contribution in [0.25, 0.3) is 0 Å². The number of hydrogen-bond donors (Lipinski definition) is 3. The van der Waals surface area contributed by atoms with Crippen LogP contribution in [0.15, 0.2) is 78.9 Å². The first-order chi connectivity index (χ1) is 12.8. The third kappa shape index (κ3) is 5.53. The molecule has 0 aliphatic heterocycles. The molecule has 3 rings (SSSR count). The highest BCUT2D eigenvalue weighted by Crippen LogP contribution is 2.18. The lowest BCUT2D eigenvalue weighted by Crippen LogP contribution is -2.10. The molecule has 0 aromatic heterocycles. The zero-order valence-electron chi connectivity index (χ0n) is 14.8. The Hall–Kier alpha value is -2.98. The normalized spacial score (nSPS) is 10.3. The summed E-state index contributed by atoms with van der Waals surface area (Å²) < 4.78 is 5.56. The highest BCUT2D eigenvalue weighted by molar-refractivity contribution is 5.48. The number of nitrogens with one attached hydrogen (secondary N) is 2. The van der Waals surface area contributed by atoms with Crippen LogP contribution in [-0.2, 0) is 13.1 Å². The van der Waals surface area contributed by atoms with Gasteiger partial charge in [-0.25, -0.2) is 0 Å². The standard InChI is InChI=1S/C22H25N3O/c23-13-14-26-22-8-4-7-21(15-22)25-17-19-11-9-18(10-12-19)16-24-20-5-2-1-3-6-20/h1-12,15,24-25H,13-14,16-17,23H2. The highest BCUT2D eigenvalue weighted by atomic mass is 16.5. The van der Waals surface area contributed by atoms with E-state index in [1.807, 2.05) is 42.5 Å². The number of rotatable bonds is 9. The minimum absolute atomic E-state index is 0.517. The topological polar surface area (TPSA) is 59.3 Å². The van der Waals surface area contributed by atoms with Crippen LogP contribution in [0, 0.1) is 0 Å². The summed E-state index contributed by atoms with van der Waals surface area (Å²) in [4.78, 5) is 0. The Kier molecular flexibility index (Phi) is 6.51. The van der Waals surface area contributed by atoms with Crippen LogP contribution in [-0.4, -0.2) is 13.2 Å². The maximum atomic E-state index is 5.56. The predicted molar refractivity (Wildman–Crippen MR) is 109 cm³/mol. The van der Waals surface area contributed by atoms with E-state index in [1.54, 1.807) is 0 Å². The molecule has 0 saturated carbocycles. The average molecular weight is 347 g/mol. The van der Waals surface area contributed by atoms with Gasteiger partial charge in [-0.2, -0.15) is 0 Å². The molecule has 0 radical (unpaired) electrons. The number of benzene rings is 3. The molecule has 0 fully saturated rings. The third-order valence-corrected chi connectivity index (χ3v) is 4.01. The van der Waals surface area contributed by atoms with Crippen molar-refractivity contribution in [3.63, 3.8) is 0 Å². The number of hydrogen-bond acceptors (Lipinski definition) is 4. The minimum atomic E-state index is 0.517. The molecule has 4 N–H and O–H groups in total. The van der Waals surface area contributed by atoms with Crippen molar-refractivity contribution in [3.05, 3.63) is 90.0 Å². The van der Waals surface area contributed by atoms with Gasteiger partial charge in [-0.1, -0.05) is 48.5 Å². The van der Waals surface area contributed by atoms with E-state index < -0.39 is 0 Å². The van der Waals surface area contributed by atoms with Gasteiger partial charge in [0, 0.05) is 37.1 Å². The molecule has 4 nitrogen and oxygen atoms in total. The van der Waals surface area contributed by atoms with Gasteiger partial charge in [0.25, 0.3) is 0 Å². The van der Waals surface area contributed by atoms with Crippen molar-refractivity contribution in [3.8, 4) is 5.75 Å². The minimum Gasteiger partial charge on any atom is -0.492 e. The third-order valence-electron chi connectivity index (χ3n) is 4.01. The summed E-state index contributed by atoms with van der Waals surface area (Å²) >= 11 is 0. The Morgan fingerprint density at radius 3 is 1.96 bits per heavy atom. The number of nitrogens with two attached hydrogens (primary N) is 1. The predicted octanol–water partition coefficient (Wildman–Crippen LogP) is 4.25. The lowest BCUT2D eigenvalue weighted by Gasteiger charge is -2.10. The molecule has 0 aliphatic rings. The van der Waals surface area contributed by atoms with Crippen molar-refractivity contribution in [2.24, 2.45) is 5.73 Å². The fraction of sp³-hybridized carbons (Fsp3) is 0.182. The molecule has 0 amide bonds. The van der Waals surface area contributed by atoms with E-state index >= 15 is 0 Å². The van der Waals surface area contributed by atoms with E-state index in [4.69, 9.17) is 10.5 Å². The van der Waals surface area contributed by atoms with Gasteiger partial charge in [-0.15, -0.1) is 0 Å². The molecule has 4 heteroatoms. The highest BCUT2D eigenvalue weighted by Gasteiger charge is 1.99. The molecule has 26 heavy (non-hydrogen) atoms. The van der Waals surface area contributed by atoms with E-state index in [1.165, 1.54) is 11.1 Å². The van der Waals surface area contributed by atoms with Gasteiger partial charge in [0.1, 0.15) is 12.4 Å². The lowest BCUT2D eigenvalue weighted by atomic mass is 10.1. The molecule has 0 heterocycles. The van der Waals surface area contributed by atoms with E-state index in [0.29, 0.717) is 13.2 Å². The van der Waals surface area contributed by atoms with Gasteiger partial charge in [0.05, 0.1) is 0 Å². The number of anilines is 2. The lowest BCUT2D eigenvalue weighted by molar-refractivity contribution is 0.328. The van der Waals surface area contributed by atoms with Gasteiger partial charge in [-0.3, -0.25) is 0 Å². The smallest absolute Gasteiger partial charge is 0.121 e. The molecule has 3 aromatic rings. The summed E-state index contributed by atoms with van der Waals surface area (Å²) in [5.41, 5.74) is 10.1. The first-order valence-corrected chi connectivity index (χ1v) is 8.87. The largest absolute Gasteiger partial charge is 0.492 e. The van der Waals surface area contributed by atoms with Gasteiger partial charge in [0.15, 0.2) is 0 Å². The van der Waals surface area contributed by atoms with E-state index in [2.05, 4.69) is 47.0 Å². The zero-order chi connectivity index (χ0) is 18.0. The van der Waals surface area contributed by atoms with Crippen LogP contribution in [0.5, 0.6) is 5.75 Å². The van der Waals surface area contributed by atoms with Gasteiger partial charge in [0.2, 0.25) is 0 Å². The van der Waals surface area contributed by atoms with Crippen LogP contribution in [0.4, 0.5) is 11.4 Å². The van der Waals surface area contributed by atoms with Crippen LogP contribution < -0.4 is 21.1 Å². The molecule has 134 valence electrons. The second kappa shape index (κ2) is 9.49. The summed E-state index contributed by atoms with van der Waals surface area (Å²) in [5, 5.41) is 6.85. The van der Waals surface area contributed by atoms with Crippen LogP contribution in [0.2, 0.25) is 0 Å². The number of para-hydroxylation sites is 1. The maximum Gasteiger partial charge on any atom is 0.121 e. The van der Waals surface area contributed by atoms with Crippen LogP contribution in [0.1, 0.15) is 11.1 Å². The van der Waals surface area contributed by atoms with E-state index in [9.17, 15) is 0 Å². The molecule has 0 aliphatic carbocycles. The summed E-state index contributed by atoms with van der Waals surface area (Å²) in [7, 11) is 0. The molecule has 0 saturated heterocycles. The summed E-state index contributed by atoms with van der Waals surface area (Å²) in [6, 6.07) is 26.8. The summed E-state index contributed by atoms with van der Waals surface area (Å²) in [6.45, 7) is 2.63. The molecule has 0 unspecified atom stereocenters. The second-order valence-corrected chi connectivity index (χ2v) is 6.05. The summed E-state index contributed by atoms with van der Waals surface area (Å²) in [5.74, 6) is 0.836. The Morgan fingerprint density at radius 1 is 0.692 bits per heavy atom. The average Bonchev–Trinajstić information content (AvgIpc) is 2.71. The molecule has 0 spiro atoms. The Bertz CT molecular complexity index is 788. The quantitative estimate of drug-likeness (QED) is 0.542. The molecular formula is C22H25N3O. The molecule has 3 aromatic carbocycles. The Balaban J connectivity index is 1.50. The summed E-state index contributed by atoms with van der Waals surface area (Å²) in [6.07, 6.45) is 0. The van der Waals surface area contributed by atoms with Crippen molar-refractivity contribution in [1.29, 1.82) is 0 Å². The van der Waals surface area contributed by atoms with Gasteiger partial charge >= 0.3 is 0 Å². The van der Waals surface area contributed by atoms with E-state index in [-0.39, 0.29) is 0 Å². The van der Waals surface area contributed by atoms with Crippen molar-refractivity contribution >= 4 is 11.4 Å². The molecule has 0 atom stereocenters. The SMILES string of the molecule is NCCOc1cccc(NCc2ccc(CNc3ccccc3)cc2)c1. The molecular weight excluding hydrogens is 322 g/mol. The Labute approximate surface area is 155 Å². The first kappa shape index (κ1) is 17.8. The van der Waals surface area contributed by atoms with E-state index in [0.717, 1.165) is 30.2 Å². The van der Waals surface area contributed by atoms with Crippen molar-refractivity contribution in [2.45, 2.75) is 13.1 Å². The second-order valence-electron chi connectivity index (χ2n) is 6.05. The molecule has 0 bridgehead atoms. The van der Waals surface area contributed by atoms with Gasteiger partial charge < -0.3 is 21.1 Å². The maximum absolute atomic E-state index is 5.56. The fourth-order valence-corrected chi connectivity index (χ4v) is 2.61. The Morgan fingerprint density at radius 2 is 1.31 bits per heavy atom. The van der Waals surface area contributed by atoms with Crippen LogP contribution >= 0.6 is 0 Å². The van der Waals surface area contributed by atoms with Crippen molar-refractivity contribution in [1.82, 2.24) is 0 Å².